The smallest absolute Gasteiger partial charge is 0.254 e. The highest BCUT2D eigenvalue weighted by atomic mass is 16.2. The first-order chi connectivity index (χ1) is 10.3. The van der Waals surface area contributed by atoms with Gasteiger partial charge in [-0.1, -0.05) is 6.07 Å². The summed E-state index contributed by atoms with van der Waals surface area (Å²) in [5.74, 6) is 0.549. The molecule has 4 nitrogen and oxygen atoms in total. The molecule has 3 heterocycles. The van der Waals surface area contributed by atoms with Crippen molar-refractivity contribution < 1.29 is 4.79 Å². The van der Waals surface area contributed by atoms with Gasteiger partial charge in [0.15, 0.2) is 0 Å². The van der Waals surface area contributed by atoms with Gasteiger partial charge in [0.1, 0.15) is 0 Å². The molecule has 1 aliphatic heterocycles. The molecular formula is C17H15N3O. The molecular weight excluding hydrogens is 262 g/mol. The molecule has 1 amide bonds. The molecule has 0 spiro atoms. The first-order valence-corrected chi connectivity index (χ1v) is 7.08. The van der Waals surface area contributed by atoms with Crippen LogP contribution in [0.2, 0.25) is 0 Å². The number of nitrogens with zero attached hydrogens (tertiary/aromatic N) is 2. The van der Waals surface area contributed by atoms with Crippen molar-refractivity contribution in [2.45, 2.75) is 5.92 Å². The van der Waals surface area contributed by atoms with E-state index in [-0.39, 0.29) is 5.91 Å². The number of hydrogen-bond acceptors (Lipinski definition) is 2. The molecule has 0 saturated carbocycles. The van der Waals surface area contributed by atoms with Gasteiger partial charge in [0.25, 0.3) is 5.91 Å². The zero-order valence-corrected chi connectivity index (χ0v) is 11.5. The zero-order chi connectivity index (χ0) is 14.2. The number of aromatic nitrogens is 2. The van der Waals surface area contributed by atoms with Crippen LogP contribution in [0, 0.1) is 0 Å². The third-order valence-corrected chi connectivity index (χ3v) is 4.17. The van der Waals surface area contributed by atoms with Crippen LogP contribution in [-0.4, -0.2) is 33.9 Å². The van der Waals surface area contributed by atoms with Crippen molar-refractivity contribution in [3.8, 4) is 0 Å². The Morgan fingerprint density at radius 3 is 2.76 bits per heavy atom. The standard InChI is InChI=1S/C17H15N3O/c21-17(15-2-1-3-16-14(15)6-9-19-16)20-10-13(11-20)12-4-7-18-8-5-12/h1-9,13,19H,10-11H2. The fourth-order valence-electron chi connectivity index (χ4n) is 2.93. The zero-order valence-electron chi connectivity index (χ0n) is 11.5. The van der Waals surface area contributed by atoms with Gasteiger partial charge in [0, 0.05) is 54.1 Å². The van der Waals surface area contributed by atoms with Gasteiger partial charge in [-0.3, -0.25) is 9.78 Å². The van der Waals surface area contributed by atoms with Gasteiger partial charge >= 0.3 is 0 Å². The number of nitrogens with one attached hydrogen (secondary N) is 1. The van der Waals surface area contributed by atoms with E-state index in [1.807, 2.05) is 47.5 Å². The van der Waals surface area contributed by atoms with Crippen molar-refractivity contribution in [1.82, 2.24) is 14.9 Å². The number of carbonyl (C=O) groups is 1. The highest BCUT2D eigenvalue weighted by Crippen LogP contribution is 2.29. The second-order valence-corrected chi connectivity index (χ2v) is 5.43. The van der Waals surface area contributed by atoms with E-state index in [1.165, 1.54) is 5.56 Å². The molecule has 4 heteroatoms. The summed E-state index contributed by atoms with van der Waals surface area (Å²) in [7, 11) is 0. The Bertz CT molecular complexity index is 788. The van der Waals surface area contributed by atoms with Crippen molar-refractivity contribution in [1.29, 1.82) is 0 Å². The normalized spacial score (nSPS) is 15.1. The van der Waals surface area contributed by atoms with E-state index < -0.39 is 0 Å². The monoisotopic (exact) mass is 277 g/mol. The predicted molar refractivity (Wildman–Crippen MR) is 81.2 cm³/mol. The third kappa shape index (κ3) is 2.00. The maximum atomic E-state index is 12.6. The van der Waals surface area contributed by atoms with Gasteiger partial charge < -0.3 is 9.88 Å². The van der Waals surface area contributed by atoms with Crippen molar-refractivity contribution in [2.24, 2.45) is 0 Å². The van der Waals surface area contributed by atoms with E-state index in [4.69, 9.17) is 0 Å². The average Bonchev–Trinajstić information content (AvgIpc) is 2.95. The highest BCUT2D eigenvalue weighted by Gasteiger charge is 2.32. The number of H-pyrrole nitrogens is 1. The number of pyridine rings is 1. The fraction of sp³-hybridized carbons (Fsp3) is 0.176. The van der Waals surface area contributed by atoms with E-state index in [9.17, 15) is 4.79 Å². The Morgan fingerprint density at radius 1 is 1.14 bits per heavy atom. The lowest BCUT2D eigenvalue weighted by Gasteiger charge is -2.39. The third-order valence-electron chi connectivity index (χ3n) is 4.17. The van der Waals surface area contributed by atoms with Crippen LogP contribution < -0.4 is 0 Å². The SMILES string of the molecule is O=C(c1cccc2[nH]ccc12)N1CC(c2ccncc2)C1. The summed E-state index contributed by atoms with van der Waals surface area (Å²) in [6, 6.07) is 11.8. The molecule has 0 aliphatic carbocycles. The molecule has 104 valence electrons. The molecule has 1 N–H and O–H groups in total. The van der Waals surface area contributed by atoms with Crippen LogP contribution >= 0.6 is 0 Å². The number of benzene rings is 1. The van der Waals surface area contributed by atoms with Crippen molar-refractivity contribution in [3.05, 3.63) is 66.1 Å². The predicted octanol–water partition coefficient (Wildman–Crippen LogP) is 2.80. The summed E-state index contributed by atoms with van der Waals surface area (Å²) in [5.41, 5.74) is 3.04. The largest absolute Gasteiger partial charge is 0.361 e. The first-order valence-electron chi connectivity index (χ1n) is 7.08. The number of amides is 1. The molecule has 4 rings (SSSR count). The molecule has 21 heavy (non-hydrogen) atoms. The van der Waals surface area contributed by atoms with E-state index in [1.54, 1.807) is 12.4 Å². The van der Waals surface area contributed by atoms with Crippen LogP contribution in [0.4, 0.5) is 0 Å². The van der Waals surface area contributed by atoms with Crippen LogP contribution in [0.15, 0.2) is 55.0 Å². The molecule has 0 bridgehead atoms. The van der Waals surface area contributed by atoms with E-state index in [0.29, 0.717) is 5.92 Å². The number of hydrogen-bond donors (Lipinski definition) is 1. The molecule has 0 radical (unpaired) electrons. The summed E-state index contributed by atoms with van der Waals surface area (Å²) in [6.07, 6.45) is 5.48. The summed E-state index contributed by atoms with van der Waals surface area (Å²) < 4.78 is 0. The highest BCUT2D eigenvalue weighted by molar-refractivity contribution is 6.06. The van der Waals surface area contributed by atoms with Crippen molar-refractivity contribution in [3.63, 3.8) is 0 Å². The fourth-order valence-corrected chi connectivity index (χ4v) is 2.93. The molecule has 1 fully saturated rings. The molecule has 2 aromatic heterocycles. The second kappa shape index (κ2) is 4.74. The quantitative estimate of drug-likeness (QED) is 0.783. The molecule has 1 saturated heterocycles. The number of likely N-dealkylation sites (tertiary alicyclic amines) is 1. The average molecular weight is 277 g/mol. The van der Waals surface area contributed by atoms with E-state index in [2.05, 4.69) is 9.97 Å². The Balaban J connectivity index is 1.54. The van der Waals surface area contributed by atoms with Crippen molar-refractivity contribution in [2.75, 3.05) is 13.1 Å². The minimum atomic E-state index is 0.116. The summed E-state index contributed by atoms with van der Waals surface area (Å²) in [5, 5.41) is 0.995. The summed E-state index contributed by atoms with van der Waals surface area (Å²) >= 11 is 0. The van der Waals surface area contributed by atoms with Crippen LogP contribution in [0.1, 0.15) is 21.8 Å². The van der Waals surface area contributed by atoms with E-state index >= 15 is 0 Å². The Kier molecular flexibility index (Phi) is 2.74. The molecule has 0 atom stereocenters. The number of rotatable bonds is 2. The molecule has 0 unspecified atom stereocenters. The maximum absolute atomic E-state index is 12.6. The lowest BCUT2D eigenvalue weighted by molar-refractivity contribution is 0.0604. The van der Waals surface area contributed by atoms with Gasteiger partial charge in [-0.05, 0) is 35.9 Å². The number of aromatic amines is 1. The topological polar surface area (TPSA) is 49.0 Å². The minimum Gasteiger partial charge on any atom is -0.361 e. The van der Waals surface area contributed by atoms with Gasteiger partial charge in [0.05, 0.1) is 0 Å². The number of carbonyl (C=O) groups excluding carboxylic acids is 1. The van der Waals surface area contributed by atoms with Crippen molar-refractivity contribution >= 4 is 16.8 Å². The van der Waals surface area contributed by atoms with Crippen LogP contribution in [-0.2, 0) is 0 Å². The van der Waals surface area contributed by atoms with Gasteiger partial charge in [-0.2, -0.15) is 0 Å². The minimum absolute atomic E-state index is 0.116. The maximum Gasteiger partial charge on any atom is 0.254 e. The summed E-state index contributed by atoms with van der Waals surface area (Å²) in [6.45, 7) is 1.56. The van der Waals surface area contributed by atoms with Crippen LogP contribution in [0.25, 0.3) is 10.9 Å². The molecule has 3 aromatic rings. The van der Waals surface area contributed by atoms with Gasteiger partial charge in [-0.15, -0.1) is 0 Å². The lowest BCUT2D eigenvalue weighted by atomic mass is 9.91. The molecule has 1 aromatic carbocycles. The second-order valence-electron chi connectivity index (χ2n) is 5.43. The van der Waals surface area contributed by atoms with E-state index in [0.717, 1.165) is 29.6 Å². The molecule has 1 aliphatic rings. The van der Waals surface area contributed by atoms with Gasteiger partial charge in [0.2, 0.25) is 0 Å². The Hall–Kier alpha value is -2.62. The summed E-state index contributed by atoms with van der Waals surface area (Å²) in [4.78, 5) is 21.7. The van der Waals surface area contributed by atoms with Crippen LogP contribution in [0.3, 0.4) is 0 Å². The lowest BCUT2D eigenvalue weighted by Crippen LogP contribution is -2.48. The number of fused-ring (bicyclic) bond motifs is 1. The Morgan fingerprint density at radius 2 is 1.95 bits per heavy atom. The first kappa shape index (κ1) is 12.1. The Labute approximate surface area is 122 Å². The van der Waals surface area contributed by atoms with Gasteiger partial charge in [-0.25, -0.2) is 0 Å². The van der Waals surface area contributed by atoms with Crippen LogP contribution in [0.5, 0.6) is 0 Å².